The van der Waals surface area contributed by atoms with Gasteiger partial charge in [-0.05, 0) is 43.2 Å². The van der Waals surface area contributed by atoms with Crippen molar-refractivity contribution in [1.82, 2.24) is 4.98 Å². The standard InChI is InChI=1S/C16H15NO/c1-12-6-7-13(2)14(11-12)8-9-16(18)15-5-3-4-10-17-15/h3-11H,1-2H3/b9-8+. The molecule has 0 unspecified atom stereocenters. The molecule has 0 atom stereocenters. The number of carbonyl (C=O) groups is 1. The van der Waals surface area contributed by atoms with E-state index in [2.05, 4.69) is 23.2 Å². The topological polar surface area (TPSA) is 30.0 Å². The molecular weight excluding hydrogens is 222 g/mol. The highest BCUT2D eigenvalue weighted by Crippen LogP contribution is 2.12. The summed E-state index contributed by atoms with van der Waals surface area (Å²) in [4.78, 5) is 15.9. The highest BCUT2D eigenvalue weighted by molar-refractivity contribution is 6.05. The molecule has 1 aromatic heterocycles. The molecule has 18 heavy (non-hydrogen) atoms. The number of pyridine rings is 1. The van der Waals surface area contributed by atoms with Gasteiger partial charge in [0.1, 0.15) is 5.69 Å². The third-order valence-corrected chi connectivity index (χ3v) is 2.77. The van der Waals surface area contributed by atoms with Crippen LogP contribution >= 0.6 is 0 Å². The first-order valence-electron chi connectivity index (χ1n) is 5.87. The van der Waals surface area contributed by atoms with E-state index in [0.29, 0.717) is 5.69 Å². The van der Waals surface area contributed by atoms with Gasteiger partial charge < -0.3 is 0 Å². The molecule has 1 aromatic carbocycles. The van der Waals surface area contributed by atoms with Crippen molar-refractivity contribution >= 4 is 11.9 Å². The Morgan fingerprint density at radius 1 is 1.17 bits per heavy atom. The zero-order valence-electron chi connectivity index (χ0n) is 10.6. The summed E-state index contributed by atoms with van der Waals surface area (Å²) in [6, 6.07) is 11.5. The number of hydrogen-bond acceptors (Lipinski definition) is 2. The van der Waals surface area contributed by atoms with E-state index in [4.69, 9.17) is 0 Å². The van der Waals surface area contributed by atoms with Crippen molar-refractivity contribution in [3.63, 3.8) is 0 Å². The van der Waals surface area contributed by atoms with E-state index in [0.717, 1.165) is 11.1 Å². The second-order valence-corrected chi connectivity index (χ2v) is 4.27. The van der Waals surface area contributed by atoms with Gasteiger partial charge in [0.2, 0.25) is 5.78 Å². The summed E-state index contributed by atoms with van der Waals surface area (Å²) in [5.41, 5.74) is 3.88. The van der Waals surface area contributed by atoms with E-state index in [1.807, 2.05) is 26.0 Å². The lowest BCUT2D eigenvalue weighted by Crippen LogP contribution is -1.96. The van der Waals surface area contributed by atoms with Crippen molar-refractivity contribution < 1.29 is 4.79 Å². The fourth-order valence-corrected chi connectivity index (χ4v) is 1.70. The minimum absolute atomic E-state index is 0.0727. The molecular formula is C16H15NO. The number of allylic oxidation sites excluding steroid dienone is 1. The van der Waals surface area contributed by atoms with Crippen molar-refractivity contribution in [3.8, 4) is 0 Å². The van der Waals surface area contributed by atoms with Gasteiger partial charge in [0.05, 0.1) is 0 Å². The number of aryl methyl sites for hydroxylation is 2. The van der Waals surface area contributed by atoms with Crippen LogP contribution in [-0.4, -0.2) is 10.8 Å². The number of ketones is 1. The first-order valence-corrected chi connectivity index (χ1v) is 5.87. The molecule has 0 N–H and O–H groups in total. The van der Waals surface area contributed by atoms with Gasteiger partial charge in [-0.1, -0.05) is 35.9 Å². The zero-order chi connectivity index (χ0) is 13.0. The normalized spacial score (nSPS) is 10.8. The van der Waals surface area contributed by atoms with Crippen LogP contribution in [0.1, 0.15) is 27.2 Å². The molecule has 2 rings (SSSR count). The predicted molar refractivity (Wildman–Crippen MR) is 73.5 cm³/mol. The van der Waals surface area contributed by atoms with Crippen LogP contribution < -0.4 is 0 Å². The van der Waals surface area contributed by atoms with Gasteiger partial charge in [-0.15, -0.1) is 0 Å². The quantitative estimate of drug-likeness (QED) is 0.603. The smallest absolute Gasteiger partial charge is 0.204 e. The summed E-state index contributed by atoms with van der Waals surface area (Å²) in [7, 11) is 0. The number of rotatable bonds is 3. The van der Waals surface area contributed by atoms with Gasteiger partial charge in [0, 0.05) is 6.20 Å². The van der Waals surface area contributed by atoms with Crippen molar-refractivity contribution in [2.24, 2.45) is 0 Å². The molecule has 0 aliphatic rings. The van der Waals surface area contributed by atoms with Crippen LogP contribution in [0.2, 0.25) is 0 Å². The van der Waals surface area contributed by atoms with E-state index in [1.165, 1.54) is 5.56 Å². The lowest BCUT2D eigenvalue weighted by atomic mass is 10.0. The van der Waals surface area contributed by atoms with E-state index in [-0.39, 0.29) is 5.78 Å². The number of nitrogens with zero attached hydrogens (tertiary/aromatic N) is 1. The molecule has 0 bridgehead atoms. The van der Waals surface area contributed by atoms with Crippen LogP contribution in [0, 0.1) is 13.8 Å². The van der Waals surface area contributed by atoms with Crippen LogP contribution in [0.5, 0.6) is 0 Å². The first kappa shape index (κ1) is 12.2. The van der Waals surface area contributed by atoms with Crippen LogP contribution in [0.15, 0.2) is 48.7 Å². The Bertz CT molecular complexity index is 585. The summed E-state index contributed by atoms with van der Waals surface area (Å²) in [5, 5.41) is 0. The average Bonchev–Trinajstić information content (AvgIpc) is 2.40. The maximum Gasteiger partial charge on any atom is 0.204 e. The molecule has 90 valence electrons. The van der Waals surface area contributed by atoms with E-state index in [1.54, 1.807) is 24.4 Å². The monoisotopic (exact) mass is 237 g/mol. The third-order valence-electron chi connectivity index (χ3n) is 2.77. The number of aromatic nitrogens is 1. The second-order valence-electron chi connectivity index (χ2n) is 4.27. The van der Waals surface area contributed by atoms with Crippen molar-refractivity contribution in [2.75, 3.05) is 0 Å². The highest BCUT2D eigenvalue weighted by Gasteiger charge is 2.02. The summed E-state index contributed by atoms with van der Waals surface area (Å²) in [6.45, 7) is 4.07. The van der Waals surface area contributed by atoms with Crippen LogP contribution in [0.4, 0.5) is 0 Å². The molecule has 0 fully saturated rings. The molecule has 0 saturated heterocycles. The summed E-state index contributed by atoms with van der Waals surface area (Å²) in [6.07, 6.45) is 5.04. The Kier molecular flexibility index (Phi) is 3.68. The molecule has 2 nitrogen and oxygen atoms in total. The molecule has 0 aliphatic heterocycles. The first-order chi connectivity index (χ1) is 8.66. The van der Waals surface area contributed by atoms with Crippen molar-refractivity contribution in [2.45, 2.75) is 13.8 Å². The van der Waals surface area contributed by atoms with Crippen molar-refractivity contribution in [3.05, 3.63) is 71.1 Å². The van der Waals surface area contributed by atoms with Gasteiger partial charge in [0.25, 0.3) is 0 Å². The van der Waals surface area contributed by atoms with Gasteiger partial charge in [0.15, 0.2) is 0 Å². The van der Waals surface area contributed by atoms with Gasteiger partial charge in [-0.3, -0.25) is 9.78 Å². The Morgan fingerprint density at radius 2 is 2.00 bits per heavy atom. The number of benzene rings is 1. The molecule has 2 aromatic rings. The largest absolute Gasteiger partial charge is 0.288 e. The second kappa shape index (κ2) is 5.41. The lowest BCUT2D eigenvalue weighted by Gasteiger charge is -2.01. The Hall–Kier alpha value is -2.22. The predicted octanol–water partition coefficient (Wildman–Crippen LogP) is 3.59. The van der Waals surface area contributed by atoms with E-state index in [9.17, 15) is 4.79 Å². The van der Waals surface area contributed by atoms with Gasteiger partial charge in [-0.2, -0.15) is 0 Å². The van der Waals surface area contributed by atoms with Gasteiger partial charge in [-0.25, -0.2) is 0 Å². The average molecular weight is 237 g/mol. The molecule has 0 radical (unpaired) electrons. The molecule has 0 spiro atoms. The number of hydrogen-bond donors (Lipinski definition) is 0. The minimum atomic E-state index is -0.0727. The maximum atomic E-state index is 11.9. The molecule has 0 amide bonds. The van der Waals surface area contributed by atoms with E-state index >= 15 is 0 Å². The molecule has 0 saturated carbocycles. The minimum Gasteiger partial charge on any atom is -0.288 e. The number of carbonyl (C=O) groups excluding carboxylic acids is 1. The zero-order valence-corrected chi connectivity index (χ0v) is 10.6. The lowest BCUT2D eigenvalue weighted by molar-refractivity contribution is 0.104. The summed E-state index contributed by atoms with van der Waals surface area (Å²) < 4.78 is 0. The Labute approximate surface area is 107 Å². The van der Waals surface area contributed by atoms with E-state index < -0.39 is 0 Å². The Morgan fingerprint density at radius 3 is 2.72 bits per heavy atom. The summed E-state index contributed by atoms with van der Waals surface area (Å²) >= 11 is 0. The SMILES string of the molecule is Cc1ccc(C)c(/C=C/C(=O)c2ccccn2)c1. The van der Waals surface area contributed by atoms with Gasteiger partial charge >= 0.3 is 0 Å². The molecule has 0 aliphatic carbocycles. The third kappa shape index (κ3) is 2.92. The van der Waals surface area contributed by atoms with Crippen LogP contribution in [0.3, 0.4) is 0 Å². The molecule has 1 heterocycles. The summed E-state index contributed by atoms with van der Waals surface area (Å²) in [5.74, 6) is -0.0727. The van der Waals surface area contributed by atoms with Crippen LogP contribution in [-0.2, 0) is 0 Å². The fraction of sp³-hybridized carbons (Fsp3) is 0.125. The van der Waals surface area contributed by atoms with Crippen LogP contribution in [0.25, 0.3) is 6.08 Å². The maximum absolute atomic E-state index is 11.9. The Balaban J connectivity index is 2.21. The molecule has 2 heteroatoms. The highest BCUT2D eigenvalue weighted by atomic mass is 16.1. The fourth-order valence-electron chi connectivity index (χ4n) is 1.70. The van der Waals surface area contributed by atoms with Crippen molar-refractivity contribution in [1.29, 1.82) is 0 Å².